The molecule has 1 aromatic carbocycles. The molecule has 0 aromatic heterocycles. The molecule has 0 aliphatic rings. The lowest BCUT2D eigenvalue weighted by Crippen LogP contribution is -2.31. The molecule has 1 unspecified atom stereocenters. The number of alkyl halides is 3. The number of nitrogens with one attached hydrogen (secondary N) is 1. The summed E-state index contributed by atoms with van der Waals surface area (Å²) in [6.07, 6.45) is 3.27. The fourth-order valence-electron chi connectivity index (χ4n) is 2.76. The van der Waals surface area contributed by atoms with Crippen LogP contribution in [-0.4, -0.2) is 32.1 Å². The summed E-state index contributed by atoms with van der Waals surface area (Å²) in [5, 5.41) is 3.44. The Morgan fingerprint density at radius 1 is 0.958 bits per heavy atom. The Balaban J connectivity index is 2.41. The molecule has 138 valence electrons. The lowest BCUT2D eigenvalue weighted by molar-refractivity contribution is -0.137. The maximum absolute atomic E-state index is 12.7. The average molecular weight is 344 g/mol. The summed E-state index contributed by atoms with van der Waals surface area (Å²) in [6, 6.07) is 5.58. The Kier molecular flexibility index (Phi) is 9.37. The van der Waals surface area contributed by atoms with Crippen molar-refractivity contribution in [2.45, 2.75) is 57.7 Å². The summed E-state index contributed by atoms with van der Waals surface area (Å²) in [7, 11) is 3.91. The molecule has 0 aliphatic heterocycles. The van der Waals surface area contributed by atoms with Crippen molar-refractivity contribution >= 4 is 0 Å². The number of hydrogen-bond donors (Lipinski definition) is 1. The van der Waals surface area contributed by atoms with Gasteiger partial charge in [0.2, 0.25) is 0 Å². The Bertz CT molecular complexity index is 441. The van der Waals surface area contributed by atoms with Gasteiger partial charge in [-0.25, -0.2) is 0 Å². The van der Waals surface area contributed by atoms with Gasteiger partial charge in [0.25, 0.3) is 0 Å². The van der Waals surface area contributed by atoms with Crippen molar-refractivity contribution in [3.05, 3.63) is 35.4 Å². The fourth-order valence-corrected chi connectivity index (χ4v) is 2.76. The zero-order valence-corrected chi connectivity index (χ0v) is 15.1. The summed E-state index contributed by atoms with van der Waals surface area (Å²) in [5.74, 6) is 0. The van der Waals surface area contributed by atoms with Crippen LogP contribution in [0.15, 0.2) is 24.3 Å². The third-order valence-electron chi connectivity index (χ3n) is 4.29. The topological polar surface area (TPSA) is 15.3 Å². The average Bonchev–Trinajstić information content (AvgIpc) is 2.52. The summed E-state index contributed by atoms with van der Waals surface area (Å²) in [5.41, 5.74) is 0.312. The monoisotopic (exact) mass is 344 g/mol. The van der Waals surface area contributed by atoms with E-state index < -0.39 is 11.7 Å². The number of hydrogen-bond acceptors (Lipinski definition) is 2. The van der Waals surface area contributed by atoms with Crippen molar-refractivity contribution in [2.24, 2.45) is 0 Å². The standard InChI is InChI=1S/C19H31F3N2/c1-4-5-6-7-8-9-14-23-15-18(24(2)3)16-10-12-17(13-11-16)19(20,21)22/h10-13,18,23H,4-9,14-15H2,1-3H3. The van der Waals surface area contributed by atoms with Crippen LogP contribution in [-0.2, 0) is 6.18 Å². The zero-order chi connectivity index (χ0) is 18.0. The minimum atomic E-state index is -4.28. The van der Waals surface area contributed by atoms with Crippen LogP contribution in [0.2, 0.25) is 0 Å². The minimum Gasteiger partial charge on any atom is -0.315 e. The molecule has 0 aliphatic carbocycles. The largest absolute Gasteiger partial charge is 0.416 e. The number of nitrogens with zero attached hydrogens (tertiary/aromatic N) is 1. The Labute approximate surface area is 144 Å². The van der Waals surface area contributed by atoms with Gasteiger partial charge >= 0.3 is 6.18 Å². The van der Waals surface area contributed by atoms with E-state index >= 15 is 0 Å². The second-order valence-electron chi connectivity index (χ2n) is 6.57. The van der Waals surface area contributed by atoms with Crippen molar-refractivity contribution in [2.75, 3.05) is 27.2 Å². The van der Waals surface area contributed by atoms with Crippen LogP contribution in [0.4, 0.5) is 13.2 Å². The van der Waals surface area contributed by atoms with Gasteiger partial charge in [0.05, 0.1) is 5.56 Å². The second-order valence-corrected chi connectivity index (χ2v) is 6.57. The van der Waals surface area contributed by atoms with Gasteiger partial charge < -0.3 is 10.2 Å². The van der Waals surface area contributed by atoms with E-state index in [1.807, 2.05) is 19.0 Å². The fraction of sp³-hybridized carbons (Fsp3) is 0.684. The van der Waals surface area contributed by atoms with Gasteiger partial charge in [-0.15, -0.1) is 0 Å². The predicted molar refractivity (Wildman–Crippen MR) is 94.1 cm³/mol. The molecular weight excluding hydrogens is 313 g/mol. The molecule has 1 aromatic rings. The molecule has 24 heavy (non-hydrogen) atoms. The number of rotatable bonds is 11. The maximum Gasteiger partial charge on any atom is 0.416 e. The van der Waals surface area contributed by atoms with Gasteiger partial charge in [-0.05, 0) is 44.8 Å². The summed E-state index contributed by atoms with van der Waals surface area (Å²) >= 11 is 0. The van der Waals surface area contributed by atoms with Crippen molar-refractivity contribution in [1.29, 1.82) is 0 Å². The first-order valence-corrected chi connectivity index (χ1v) is 8.90. The number of benzene rings is 1. The quantitative estimate of drug-likeness (QED) is 0.551. The molecule has 2 nitrogen and oxygen atoms in total. The Morgan fingerprint density at radius 3 is 2.08 bits per heavy atom. The van der Waals surface area contributed by atoms with Crippen LogP contribution in [0, 0.1) is 0 Å². The van der Waals surface area contributed by atoms with Crippen molar-refractivity contribution in [3.63, 3.8) is 0 Å². The molecule has 0 saturated carbocycles. The summed E-state index contributed by atoms with van der Waals surface area (Å²) in [6.45, 7) is 3.91. The smallest absolute Gasteiger partial charge is 0.315 e. The van der Waals surface area contributed by atoms with Crippen LogP contribution < -0.4 is 5.32 Å². The lowest BCUT2D eigenvalue weighted by Gasteiger charge is -2.25. The van der Waals surface area contributed by atoms with Gasteiger partial charge in [-0.2, -0.15) is 13.2 Å². The molecule has 0 heterocycles. The van der Waals surface area contributed by atoms with E-state index in [0.717, 1.165) is 25.1 Å². The third kappa shape index (κ3) is 7.67. The van der Waals surface area contributed by atoms with E-state index in [-0.39, 0.29) is 6.04 Å². The molecular formula is C19H31F3N2. The van der Waals surface area contributed by atoms with E-state index in [1.165, 1.54) is 44.2 Å². The molecule has 0 bridgehead atoms. The van der Waals surface area contributed by atoms with E-state index in [0.29, 0.717) is 0 Å². The molecule has 0 amide bonds. The Morgan fingerprint density at radius 2 is 1.54 bits per heavy atom. The van der Waals surface area contributed by atoms with Crippen LogP contribution in [0.5, 0.6) is 0 Å². The van der Waals surface area contributed by atoms with Crippen LogP contribution in [0.3, 0.4) is 0 Å². The molecule has 1 rings (SSSR count). The molecule has 5 heteroatoms. The van der Waals surface area contributed by atoms with Crippen LogP contribution in [0.1, 0.15) is 62.6 Å². The summed E-state index contributed by atoms with van der Waals surface area (Å²) in [4.78, 5) is 2.04. The molecule has 0 spiro atoms. The minimum absolute atomic E-state index is 0.0763. The van der Waals surface area contributed by atoms with Crippen LogP contribution in [0.25, 0.3) is 0 Å². The van der Waals surface area contributed by atoms with Gasteiger partial charge in [0.15, 0.2) is 0 Å². The first-order valence-electron chi connectivity index (χ1n) is 8.90. The van der Waals surface area contributed by atoms with Gasteiger partial charge in [-0.3, -0.25) is 0 Å². The van der Waals surface area contributed by atoms with Crippen molar-refractivity contribution < 1.29 is 13.2 Å². The SMILES string of the molecule is CCCCCCCCNCC(c1ccc(C(F)(F)F)cc1)N(C)C. The maximum atomic E-state index is 12.7. The van der Waals surface area contributed by atoms with Gasteiger partial charge in [0, 0.05) is 12.6 Å². The highest BCUT2D eigenvalue weighted by atomic mass is 19.4. The third-order valence-corrected chi connectivity index (χ3v) is 4.29. The van der Waals surface area contributed by atoms with Crippen molar-refractivity contribution in [1.82, 2.24) is 10.2 Å². The first kappa shape index (κ1) is 21.0. The molecule has 0 fully saturated rings. The highest BCUT2D eigenvalue weighted by Gasteiger charge is 2.30. The predicted octanol–water partition coefficient (Wildman–Crippen LogP) is 5.26. The number of likely N-dealkylation sites (N-methyl/N-ethyl adjacent to an activating group) is 1. The van der Waals surface area contributed by atoms with Gasteiger partial charge in [-0.1, -0.05) is 51.2 Å². The number of halogens is 3. The van der Waals surface area contributed by atoms with E-state index in [1.54, 1.807) is 12.1 Å². The highest BCUT2D eigenvalue weighted by Crippen LogP contribution is 2.30. The zero-order valence-electron chi connectivity index (χ0n) is 15.1. The summed E-state index contributed by atoms with van der Waals surface area (Å²) < 4.78 is 38.0. The van der Waals surface area contributed by atoms with Gasteiger partial charge in [0.1, 0.15) is 0 Å². The Hall–Kier alpha value is -1.07. The molecule has 0 saturated heterocycles. The lowest BCUT2D eigenvalue weighted by atomic mass is 10.0. The van der Waals surface area contributed by atoms with Crippen LogP contribution >= 0.6 is 0 Å². The molecule has 1 atom stereocenters. The van der Waals surface area contributed by atoms with E-state index in [4.69, 9.17) is 0 Å². The second kappa shape index (κ2) is 10.7. The molecule has 0 radical (unpaired) electrons. The normalized spacial score (nSPS) is 13.5. The number of unbranched alkanes of at least 4 members (excludes halogenated alkanes) is 5. The van der Waals surface area contributed by atoms with E-state index in [9.17, 15) is 13.2 Å². The highest BCUT2D eigenvalue weighted by molar-refractivity contribution is 5.27. The van der Waals surface area contributed by atoms with Crippen molar-refractivity contribution in [3.8, 4) is 0 Å². The molecule has 1 N–H and O–H groups in total. The first-order chi connectivity index (χ1) is 11.4. The van der Waals surface area contributed by atoms with E-state index in [2.05, 4.69) is 12.2 Å².